The summed E-state index contributed by atoms with van der Waals surface area (Å²) in [5.41, 5.74) is 1.02. The standard InChI is InChI=1S/C10H9ClIN3/c11-8-5-13-4-7-9(12)14-10(15(7)8)6-2-1-3-6/h4-6H,1-3H2. The Hall–Kier alpha value is -0.360. The van der Waals surface area contributed by atoms with Gasteiger partial charge in [-0.15, -0.1) is 0 Å². The maximum Gasteiger partial charge on any atom is 0.133 e. The van der Waals surface area contributed by atoms with Gasteiger partial charge in [-0.2, -0.15) is 0 Å². The van der Waals surface area contributed by atoms with Gasteiger partial charge in [-0.3, -0.25) is 9.38 Å². The predicted molar refractivity (Wildman–Crippen MR) is 67.3 cm³/mol. The van der Waals surface area contributed by atoms with Gasteiger partial charge in [-0.05, 0) is 35.4 Å². The van der Waals surface area contributed by atoms with Gasteiger partial charge in [0.05, 0.1) is 17.9 Å². The fraction of sp³-hybridized carbons (Fsp3) is 0.400. The van der Waals surface area contributed by atoms with Crippen LogP contribution in [-0.4, -0.2) is 14.4 Å². The van der Waals surface area contributed by atoms with Gasteiger partial charge in [0.25, 0.3) is 0 Å². The van der Waals surface area contributed by atoms with E-state index in [1.54, 1.807) is 6.20 Å². The lowest BCUT2D eigenvalue weighted by Gasteiger charge is -2.24. The molecular formula is C10H9ClIN3. The van der Waals surface area contributed by atoms with Crippen molar-refractivity contribution in [2.24, 2.45) is 0 Å². The second-order valence-electron chi connectivity index (χ2n) is 3.84. The van der Waals surface area contributed by atoms with E-state index in [4.69, 9.17) is 11.6 Å². The molecule has 15 heavy (non-hydrogen) atoms. The molecule has 5 heteroatoms. The Kier molecular flexibility index (Phi) is 2.35. The van der Waals surface area contributed by atoms with Crippen molar-refractivity contribution in [1.82, 2.24) is 14.4 Å². The van der Waals surface area contributed by atoms with Crippen LogP contribution in [0.1, 0.15) is 31.0 Å². The molecule has 2 aromatic rings. The van der Waals surface area contributed by atoms with E-state index >= 15 is 0 Å². The van der Waals surface area contributed by atoms with Crippen molar-refractivity contribution < 1.29 is 0 Å². The first-order valence-electron chi connectivity index (χ1n) is 4.94. The van der Waals surface area contributed by atoms with Crippen LogP contribution in [0, 0.1) is 3.70 Å². The highest BCUT2D eigenvalue weighted by Crippen LogP contribution is 2.37. The Labute approximate surface area is 106 Å². The molecule has 1 aliphatic rings. The van der Waals surface area contributed by atoms with Crippen LogP contribution in [0.25, 0.3) is 5.52 Å². The van der Waals surface area contributed by atoms with E-state index < -0.39 is 0 Å². The van der Waals surface area contributed by atoms with Gasteiger partial charge in [0.15, 0.2) is 0 Å². The Morgan fingerprint density at radius 1 is 1.40 bits per heavy atom. The van der Waals surface area contributed by atoms with Crippen molar-refractivity contribution in [2.45, 2.75) is 25.2 Å². The van der Waals surface area contributed by atoms with Gasteiger partial charge < -0.3 is 0 Å². The second kappa shape index (κ2) is 3.59. The first-order valence-corrected chi connectivity index (χ1v) is 6.40. The molecule has 0 spiro atoms. The third-order valence-electron chi connectivity index (χ3n) is 2.96. The smallest absolute Gasteiger partial charge is 0.133 e. The van der Waals surface area contributed by atoms with Crippen LogP contribution in [0.15, 0.2) is 12.4 Å². The van der Waals surface area contributed by atoms with Crippen LogP contribution < -0.4 is 0 Å². The van der Waals surface area contributed by atoms with Gasteiger partial charge in [-0.25, -0.2) is 4.98 Å². The van der Waals surface area contributed by atoms with Gasteiger partial charge >= 0.3 is 0 Å². The molecule has 3 rings (SSSR count). The van der Waals surface area contributed by atoms with Crippen molar-refractivity contribution >= 4 is 39.7 Å². The average Bonchev–Trinajstić information content (AvgIpc) is 2.43. The summed E-state index contributed by atoms with van der Waals surface area (Å²) in [6.45, 7) is 0. The van der Waals surface area contributed by atoms with Crippen molar-refractivity contribution in [2.75, 3.05) is 0 Å². The van der Waals surface area contributed by atoms with Crippen LogP contribution in [0.5, 0.6) is 0 Å². The Morgan fingerprint density at radius 3 is 2.87 bits per heavy atom. The molecule has 0 amide bonds. The molecule has 0 saturated heterocycles. The molecule has 3 nitrogen and oxygen atoms in total. The lowest BCUT2D eigenvalue weighted by Crippen LogP contribution is -2.12. The van der Waals surface area contributed by atoms with Gasteiger partial charge in [-0.1, -0.05) is 18.0 Å². The van der Waals surface area contributed by atoms with Gasteiger partial charge in [0.2, 0.25) is 0 Å². The molecule has 1 saturated carbocycles. The van der Waals surface area contributed by atoms with E-state index in [9.17, 15) is 0 Å². The minimum Gasteiger partial charge on any atom is -0.283 e. The SMILES string of the molecule is Clc1cncc2c(I)nc(C3CCC3)n12. The average molecular weight is 334 g/mol. The third-order valence-corrected chi connectivity index (χ3v) is 4.02. The van der Waals surface area contributed by atoms with E-state index in [0.29, 0.717) is 11.1 Å². The number of aromatic nitrogens is 3. The number of halogens is 2. The molecule has 0 bridgehead atoms. The fourth-order valence-electron chi connectivity index (χ4n) is 1.93. The van der Waals surface area contributed by atoms with Crippen LogP contribution in [0.4, 0.5) is 0 Å². The topological polar surface area (TPSA) is 30.2 Å². The van der Waals surface area contributed by atoms with E-state index in [-0.39, 0.29) is 0 Å². The predicted octanol–water partition coefficient (Wildman–Crippen LogP) is 3.25. The molecule has 2 heterocycles. The zero-order valence-corrected chi connectivity index (χ0v) is 10.9. The highest BCUT2D eigenvalue weighted by Gasteiger charge is 2.25. The number of nitrogens with zero attached hydrogens (tertiary/aromatic N) is 3. The minimum absolute atomic E-state index is 0.584. The minimum atomic E-state index is 0.584. The molecule has 0 aliphatic heterocycles. The zero-order chi connectivity index (χ0) is 10.4. The van der Waals surface area contributed by atoms with Crippen molar-refractivity contribution in [3.05, 3.63) is 27.1 Å². The molecule has 0 aromatic carbocycles. The maximum absolute atomic E-state index is 6.16. The quantitative estimate of drug-likeness (QED) is 0.750. The second-order valence-corrected chi connectivity index (χ2v) is 5.25. The zero-order valence-electron chi connectivity index (χ0n) is 7.95. The Morgan fingerprint density at radius 2 is 2.20 bits per heavy atom. The lowest BCUT2D eigenvalue weighted by molar-refractivity contribution is 0.400. The van der Waals surface area contributed by atoms with E-state index in [1.807, 2.05) is 10.6 Å². The molecular weight excluding hydrogens is 324 g/mol. The molecule has 2 aromatic heterocycles. The first-order chi connectivity index (χ1) is 7.27. The Balaban J connectivity index is 2.29. The molecule has 1 fully saturated rings. The largest absolute Gasteiger partial charge is 0.283 e. The van der Waals surface area contributed by atoms with Crippen LogP contribution in [0.2, 0.25) is 5.15 Å². The van der Waals surface area contributed by atoms with Crippen LogP contribution in [-0.2, 0) is 0 Å². The summed E-state index contributed by atoms with van der Waals surface area (Å²) in [4.78, 5) is 8.69. The highest BCUT2D eigenvalue weighted by molar-refractivity contribution is 14.1. The van der Waals surface area contributed by atoms with E-state index in [1.165, 1.54) is 19.3 Å². The first kappa shape index (κ1) is 9.84. The summed E-state index contributed by atoms with van der Waals surface area (Å²) in [6, 6.07) is 0. The van der Waals surface area contributed by atoms with Crippen LogP contribution in [0.3, 0.4) is 0 Å². The number of hydrogen-bond donors (Lipinski definition) is 0. The molecule has 0 atom stereocenters. The molecule has 0 radical (unpaired) electrons. The third kappa shape index (κ3) is 1.45. The number of imidazole rings is 1. The van der Waals surface area contributed by atoms with Crippen molar-refractivity contribution in [1.29, 1.82) is 0 Å². The molecule has 78 valence electrons. The monoisotopic (exact) mass is 333 g/mol. The summed E-state index contributed by atoms with van der Waals surface area (Å²) in [7, 11) is 0. The summed E-state index contributed by atoms with van der Waals surface area (Å²) in [5.74, 6) is 1.69. The van der Waals surface area contributed by atoms with E-state index in [0.717, 1.165) is 15.0 Å². The fourth-order valence-corrected chi connectivity index (χ4v) is 2.79. The summed E-state index contributed by atoms with van der Waals surface area (Å²) in [6.07, 6.45) is 7.26. The number of fused-ring (bicyclic) bond motifs is 1. The normalized spacial score (nSPS) is 16.9. The van der Waals surface area contributed by atoms with Gasteiger partial charge in [0.1, 0.15) is 14.7 Å². The summed E-state index contributed by atoms with van der Waals surface area (Å²) >= 11 is 8.40. The number of rotatable bonds is 1. The molecule has 0 N–H and O–H groups in total. The lowest BCUT2D eigenvalue weighted by atomic mass is 9.85. The molecule has 0 unspecified atom stereocenters. The summed E-state index contributed by atoms with van der Waals surface area (Å²) in [5, 5.41) is 0.657. The highest BCUT2D eigenvalue weighted by atomic mass is 127. The van der Waals surface area contributed by atoms with Gasteiger partial charge in [0, 0.05) is 5.92 Å². The van der Waals surface area contributed by atoms with Crippen molar-refractivity contribution in [3.8, 4) is 0 Å². The maximum atomic E-state index is 6.16. The molecule has 1 aliphatic carbocycles. The van der Waals surface area contributed by atoms with Crippen molar-refractivity contribution in [3.63, 3.8) is 0 Å². The Bertz CT molecular complexity index is 519. The summed E-state index contributed by atoms with van der Waals surface area (Å²) < 4.78 is 3.02. The van der Waals surface area contributed by atoms with E-state index in [2.05, 4.69) is 32.6 Å². The van der Waals surface area contributed by atoms with Crippen LogP contribution >= 0.6 is 34.2 Å². The number of hydrogen-bond acceptors (Lipinski definition) is 2.